The average Bonchev–Trinajstić information content (AvgIpc) is 2.19. The molecule has 1 aliphatic heterocycles. The Kier molecular flexibility index (Phi) is 2.30. The van der Waals surface area contributed by atoms with Crippen molar-refractivity contribution < 1.29 is 4.74 Å². The highest BCUT2D eigenvalue weighted by Gasteiger charge is 2.19. The number of hydrogen-bond acceptors (Lipinski definition) is 2. The second-order valence-electron chi connectivity index (χ2n) is 3.28. The maximum atomic E-state index is 5.54. The molecule has 0 spiro atoms. The molecule has 1 aromatic rings. The molecule has 0 radical (unpaired) electrons. The number of aliphatic imine (C=N–C) groups is 1. The highest BCUT2D eigenvalue weighted by atomic mass is 16.5. The third-order valence-corrected chi connectivity index (χ3v) is 2.43. The van der Waals surface area contributed by atoms with Crippen molar-refractivity contribution in [3.63, 3.8) is 0 Å². The molecule has 0 amide bonds. The number of rotatable bonds is 2. The summed E-state index contributed by atoms with van der Waals surface area (Å²) in [5, 5.41) is 0. The Morgan fingerprint density at radius 3 is 3.15 bits per heavy atom. The molecule has 1 unspecified atom stereocenters. The third-order valence-electron chi connectivity index (χ3n) is 2.43. The number of para-hydroxylation sites is 1. The van der Waals surface area contributed by atoms with Crippen molar-refractivity contribution in [3.05, 3.63) is 29.8 Å². The van der Waals surface area contributed by atoms with Crippen LogP contribution in [0.5, 0.6) is 5.75 Å². The summed E-state index contributed by atoms with van der Waals surface area (Å²) in [6.07, 6.45) is 1.05. The van der Waals surface area contributed by atoms with Gasteiger partial charge in [-0.05, 0) is 24.8 Å². The van der Waals surface area contributed by atoms with Crippen LogP contribution in [-0.2, 0) is 0 Å². The van der Waals surface area contributed by atoms with Gasteiger partial charge in [0.15, 0.2) is 0 Å². The highest BCUT2D eigenvalue weighted by molar-refractivity contribution is 5.38. The monoisotopic (exact) mass is 175 g/mol. The zero-order valence-electron chi connectivity index (χ0n) is 7.57. The van der Waals surface area contributed by atoms with Gasteiger partial charge in [-0.1, -0.05) is 18.2 Å². The fourth-order valence-corrected chi connectivity index (χ4v) is 1.76. The van der Waals surface area contributed by atoms with E-state index in [1.54, 1.807) is 0 Å². The van der Waals surface area contributed by atoms with Gasteiger partial charge < -0.3 is 9.73 Å². The SMILES string of the molecule is C=NCC1CCOc2ccccc21. The zero-order chi connectivity index (χ0) is 9.10. The van der Waals surface area contributed by atoms with Gasteiger partial charge in [-0.2, -0.15) is 0 Å². The standard InChI is InChI=1S/C11H13NO/c1-12-8-9-6-7-13-11-5-3-2-4-10(9)11/h2-5,9H,1,6-8H2. The van der Waals surface area contributed by atoms with Crippen LogP contribution >= 0.6 is 0 Å². The number of hydrogen-bond donors (Lipinski definition) is 0. The molecule has 0 fully saturated rings. The smallest absolute Gasteiger partial charge is 0.122 e. The van der Waals surface area contributed by atoms with E-state index in [1.165, 1.54) is 5.56 Å². The second kappa shape index (κ2) is 3.60. The van der Waals surface area contributed by atoms with Crippen LogP contribution in [0.1, 0.15) is 17.9 Å². The van der Waals surface area contributed by atoms with Crippen LogP contribution in [0, 0.1) is 0 Å². The van der Waals surface area contributed by atoms with E-state index in [0.717, 1.165) is 25.3 Å². The molecule has 1 atom stereocenters. The number of benzene rings is 1. The minimum atomic E-state index is 0.502. The lowest BCUT2D eigenvalue weighted by molar-refractivity contribution is 0.269. The minimum Gasteiger partial charge on any atom is -0.493 e. The summed E-state index contributed by atoms with van der Waals surface area (Å²) in [5.74, 6) is 1.52. The van der Waals surface area contributed by atoms with E-state index in [0.29, 0.717) is 5.92 Å². The molecule has 0 saturated carbocycles. The van der Waals surface area contributed by atoms with Crippen LogP contribution in [0.4, 0.5) is 0 Å². The van der Waals surface area contributed by atoms with E-state index in [9.17, 15) is 0 Å². The van der Waals surface area contributed by atoms with Crippen LogP contribution in [0.2, 0.25) is 0 Å². The zero-order valence-corrected chi connectivity index (χ0v) is 7.57. The molecule has 2 rings (SSSR count). The van der Waals surface area contributed by atoms with Crippen molar-refractivity contribution in [3.8, 4) is 5.75 Å². The van der Waals surface area contributed by atoms with Crippen LogP contribution < -0.4 is 4.74 Å². The number of nitrogens with zero attached hydrogens (tertiary/aromatic N) is 1. The maximum Gasteiger partial charge on any atom is 0.122 e. The molecule has 1 aromatic carbocycles. The fraction of sp³-hybridized carbons (Fsp3) is 0.364. The lowest BCUT2D eigenvalue weighted by atomic mass is 9.93. The van der Waals surface area contributed by atoms with Crippen molar-refractivity contribution >= 4 is 6.72 Å². The predicted octanol–water partition coefficient (Wildman–Crippen LogP) is 2.25. The first-order valence-corrected chi connectivity index (χ1v) is 4.56. The van der Waals surface area contributed by atoms with E-state index in [1.807, 2.05) is 18.2 Å². The van der Waals surface area contributed by atoms with E-state index in [4.69, 9.17) is 4.74 Å². The summed E-state index contributed by atoms with van der Waals surface area (Å²) < 4.78 is 5.54. The van der Waals surface area contributed by atoms with Gasteiger partial charge in [0.05, 0.1) is 6.61 Å². The van der Waals surface area contributed by atoms with E-state index < -0.39 is 0 Å². The minimum absolute atomic E-state index is 0.502. The summed E-state index contributed by atoms with van der Waals surface area (Å²) in [4.78, 5) is 3.95. The van der Waals surface area contributed by atoms with Crippen LogP contribution in [0.15, 0.2) is 29.3 Å². The van der Waals surface area contributed by atoms with E-state index >= 15 is 0 Å². The summed E-state index contributed by atoms with van der Waals surface area (Å²) in [7, 11) is 0. The summed E-state index contributed by atoms with van der Waals surface area (Å²) in [6, 6.07) is 8.18. The van der Waals surface area contributed by atoms with Crippen LogP contribution in [-0.4, -0.2) is 19.9 Å². The van der Waals surface area contributed by atoms with Gasteiger partial charge in [-0.3, -0.25) is 0 Å². The summed E-state index contributed by atoms with van der Waals surface area (Å²) >= 11 is 0. The molecule has 0 N–H and O–H groups in total. The molecular weight excluding hydrogens is 162 g/mol. The Hall–Kier alpha value is -1.31. The molecule has 0 aliphatic carbocycles. The lowest BCUT2D eigenvalue weighted by Crippen LogP contribution is -2.15. The lowest BCUT2D eigenvalue weighted by Gasteiger charge is -2.24. The first-order valence-electron chi connectivity index (χ1n) is 4.56. The van der Waals surface area contributed by atoms with E-state index in [-0.39, 0.29) is 0 Å². The van der Waals surface area contributed by atoms with Crippen molar-refractivity contribution in [1.29, 1.82) is 0 Å². The molecule has 2 nitrogen and oxygen atoms in total. The third kappa shape index (κ3) is 1.57. The Morgan fingerprint density at radius 1 is 1.46 bits per heavy atom. The molecular formula is C11H13NO. The van der Waals surface area contributed by atoms with Gasteiger partial charge in [-0.15, -0.1) is 0 Å². The average molecular weight is 175 g/mol. The quantitative estimate of drug-likeness (QED) is 0.632. The maximum absolute atomic E-state index is 5.54. The summed E-state index contributed by atoms with van der Waals surface area (Å²) in [6.45, 7) is 5.15. The predicted molar refractivity (Wildman–Crippen MR) is 53.7 cm³/mol. The molecule has 2 heteroatoms. The van der Waals surface area contributed by atoms with Crippen molar-refractivity contribution in [1.82, 2.24) is 0 Å². The first-order chi connectivity index (χ1) is 6.42. The number of ether oxygens (including phenoxy) is 1. The topological polar surface area (TPSA) is 21.6 Å². The number of fused-ring (bicyclic) bond motifs is 1. The van der Waals surface area contributed by atoms with Crippen LogP contribution in [0.3, 0.4) is 0 Å². The van der Waals surface area contributed by atoms with Gasteiger partial charge in [0, 0.05) is 12.5 Å². The molecule has 0 aromatic heterocycles. The molecule has 0 bridgehead atoms. The molecule has 0 saturated heterocycles. The van der Waals surface area contributed by atoms with Crippen molar-refractivity contribution in [2.24, 2.45) is 4.99 Å². The Labute approximate surface area is 78.3 Å². The van der Waals surface area contributed by atoms with Gasteiger partial charge in [0.25, 0.3) is 0 Å². The van der Waals surface area contributed by atoms with Crippen molar-refractivity contribution in [2.75, 3.05) is 13.2 Å². The fourth-order valence-electron chi connectivity index (χ4n) is 1.76. The van der Waals surface area contributed by atoms with Crippen molar-refractivity contribution in [2.45, 2.75) is 12.3 Å². The van der Waals surface area contributed by atoms with Gasteiger partial charge in [0.2, 0.25) is 0 Å². The molecule has 1 aliphatic rings. The Bertz CT molecular complexity index is 309. The first kappa shape index (κ1) is 8.30. The van der Waals surface area contributed by atoms with E-state index in [2.05, 4.69) is 17.8 Å². The van der Waals surface area contributed by atoms with Gasteiger partial charge >= 0.3 is 0 Å². The van der Waals surface area contributed by atoms with Crippen LogP contribution in [0.25, 0.3) is 0 Å². The van der Waals surface area contributed by atoms with Gasteiger partial charge in [-0.25, -0.2) is 0 Å². The molecule has 68 valence electrons. The molecule has 1 heterocycles. The molecule has 13 heavy (non-hydrogen) atoms. The second-order valence-corrected chi connectivity index (χ2v) is 3.28. The Balaban J connectivity index is 2.31. The van der Waals surface area contributed by atoms with Gasteiger partial charge in [0.1, 0.15) is 5.75 Å². The Morgan fingerprint density at radius 2 is 2.31 bits per heavy atom. The normalized spacial score (nSPS) is 20.2. The highest BCUT2D eigenvalue weighted by Crippen LogP contribution is 2.33. The largest absolute Gasteiger partial charge is 0.493 e. The summed E-state index contributed by atoms with van der Waals surface area (Å²) in [5.41, 5.74) is 1.28.